The van der Waals surface area contributed by atoms with Gasteiger partial charge in [-0.15, -0.1) is 11.6 Å². The van der Waals surface area contributed by atoms with Crippen molar-refractivity contribution in [3.63, 3.8) is 0 Å². The zero-order valence-electron chi connectivity index (χ0n) is 7.93. The Morgan fingerprint density at radius 1 is 1.17 bits per heavy atom. The van der Waals surface area contributed by atoms with Gasteiger partial charge in [-0.3, -0.25) is 0 Å². The number of allylic oxidation sites excluding steroid dienone is 2. The third-order valence-electron chi connectivity index (χ3n) is 2.55. The predicted octanol–water partition coefficient (Wildman–Crippen LogP) is 4.14. The van der Waals surface area contributed by atoms with Crippen LogP contribution in [-0.2, 0) is 0 Å². The Kier molecular flexibility index (Phi) is 4.75. The van der Waals surface area contributed by atoms with Crippen molar-refractivity contribution in [3.05, 3.63) is 12.2 Å². The normalized spacial score (nSPS) is 24.2. The SMILES string of the molecule is CC(Cl)/C=C/C1CCCCCC1. The van der Waals surface area contributed by atoms with Crippen LogP contribution in [0.4, 0.5) is 0 Å². The minimum Gasteiger partial charge on any atom is -0.119 e. The lowest BCUT2D eigenvalue weighted by molar-refractivity contribution is 0.558. The van der Waals surface area contributed by atoms with Gasteiger partial charge in [0.25, 0.3) is 0 Å². The van der Waals surface area contributed by atoms with Gasteiger partial charge < -0.3 is 0 Å². The smallest absolute Gasteiger partial charge is 0.0487 e. The molecule has 70 valence electrons. The number of rotatable bonds is 2. The molecule has 0 nitrogen and oxygen atoms in total. The summed E-state index contributed by atoms with van der Waals surface area (Å²) in [5.41, 5.74) is 0. The molecule has 1 heteroatoms. The molecule has 1 saturated carbocycles. The van der Waals surface area contributed by atoms with E-state index in [0.717, 1.165) is 5.92 Å². The van der Waals surface area contributed by atoms with Gasteiger partial charge in [0.1, 0.15) is 0 Å². The minimum absolute atomic E-state index is 0.202. The van der Waals surface area contributed by atoms with Crippen LogP contribution in [0.5, 0.6) is 0 Å². The Labute approximate surface area is 81.0 Å². The molecule has 1 fully saturated rings. The van der Waals surface area contributed by atoms with Crippen molar-refractivity contribution in [2.24, 2.45) is 5.92 Å². The molecule has 1 atom stereocenters. The van der Waals surface area contributed by atoms with E-state index in [1.165, 1.54) is 38.5 Å². The molecule has 0 aromatic rings. The Hall–Kier alpha value is 0.0300. The molecular weight excluding hydrogens is 168 g/mol. The molecule has 12 heavy (non-hydrogen) atoms. The second-order valence-corrected chi connectivity index (χ2v) is 4.50. The maximum atomic E-state index is 5.85. The quantitative estimate of drug-likeness (QED) is 0.346. The average Bonchev–Trinajstić information content (AvgIpc) is 2.28. The van der Waals surface area contributed by atoms with Gasteiger partial charge in [0, 0.05) is 5.38 Å². The minimum atomic E-state index is 0.202. The third kappa shape index (κ3) is 4.15. The molecular formula is C11H19Cl. The molecule has 1 aliphatic rings. The predicted molar refractivity (Wildman–Crippen MR) is 55.6 cm³/mol. The third-order valence-corrected chi connectivity index (χ3v) is 2.69. The van der Waals surface area contributed by atoms with Gasteiger partial charge in [0.2, 0.25) is 0 Å². The number of hydrogen-bond acceptors (Lipinski definition) is 0. The first kappa shape index (κ1) is 10.1. The molecule has 0 spiro atoms. The van der Waals surface area contributed by atoms with Gasteiger partial charge in [-0.1, -0.05) is 37.8 Å². The van der Waals surface area contributed by atoms with Crippen molar-refractivity contribution < 1.29 is 0 Å². The van der Waals surface area contributed by atoms with Crippen molar-refractivity contribution in [2.75, 3.05) is 0 Å². The Bertz CT molecular complexity index is 130. The summed E-state index contributed by atoms with van der Waals surface area (Å²) in [6.45, 7) is 2.02. The summed E-state index contributed by atoms with van der Waals surface area (Å²) in [4.78, 5) is 0. The van der Waals surface area contributed by atoms with Crippen LogP contribution in [-0.4, -0.2) is 5.38 Å². The van der Waals surface area contributed by atoms with Gasteiger partial charge in [-0.25, -0.2) is 0 Å². The highest BCUT2D eigenvalue weighted by molar-refractivity contribution is 6.21. The van der Waals surface area contributed by atoms with Crippen LogP contribution in [0.25, 0.3) is 0 Å². The standard InChI is InChI=1S/C11H19Cl/c1-10(12)8-9-11-6-4-2-3-5-7-11/h8-11H,2-7H2,1H3/b9-8+. The Morgan fingerprint density at radius 2 is 1.75 bits per heavy atom. The largest absolute Gasteiger partial charge is 0.119 e. The summed E-state index contributed by atoms with van der Waals surface area (Å²) >= 11 is 5.85. The first-order valence-corrected chi connectivity index (χ1v) is 5.55. The zero-order chi connectivity index (χ0) is 8.81. The van der Waals surface area contributed by atoms with E-state index >= 15 is 0 Å². The number of halogens is 1. The molecule has 1 rings (SSSR count). The molecule has 0 saturated heterocycles. The van der Waals surface area contributed by atoms with E-state index < -0.39 is 0 Å². The fourth-order valence-electron chi connectivity index (χ4n) is 1.81. The van der Waals surface area contributed by atoms with Crippen molar-refractivity contribution in [2.45, 2.75) is 50.8 Å². The molecule has 0 bridgehead atoms. The van der Waals surface area contributed by atoms with E-state index in [0.29, 0.717) is 0 Å². The molecule has 0 N–H and O–H groups in total. The summed E-state index contributed by atoms with van der Waals surface area (Å²) in [5, 5.41) is 0.202. The first-order valence-electron chi connectivity index (χ1n) is 5.11. The Morgan fingerprint density at radius 3 is 2.25 bits per heavy atom. The summed E-state index contributed by atoms with van der Waals surface area (Å²) < 4.78 is 0. The second kappa shape index (κ2) is 5.64. The molecule has 1 unspecified atom stereocenters. The van der Waals surface area contributed by atoms with Gasteiger partial charge in [0.05, 0.1) is 0 Å². The van der Waals surface area contributed by atoms with Crippen molar-refractivity contribution in [1.82, 2.24) is 0 Å². The number of alkyl halides is 1. The fourth-order valence-corrected chi connectivity index (χ4v) is 1.90. The maximum Gasteiger partial charge on any atom is 0.0487 e. The van der Waals surface area contributed by atoms with E-state index in [-0.39, 0.29) is 5.38 Å². The highest BCUT2D eigenvalue weighted by Gasteiger charge is 2.08. The van der Waals surface area contributed by atoms with Crippen LogP contribution >= 0.6 is 11.6 Å². The lowest BCUT2D eigenvalue weighted by atomic mass is 10.00. The maximum absolute atomic E-state index is 5.85. The highest BCUT2D eigenvalue weighted by Crippen LogP contribution is 2.23. The molecule has 1 aliphatic carbocycles. The number of hydrogen-bond donors (Lipinski definition) is 0. The van der Waals surface area contributed by atoms with Crippen LogP contribution in [0.15, 0.2) is 12.2 Å². The molecule has 0 heterocycles. The van der Waals surface area contributed by atoms with E-state index in [4.69, 9.17) is 11.6 Å². The van der Waals surface area contributed by atoms with E-state index in [9.17, 15) is 0 Å². The van der Waals surface area contributed by atoms with Crippen molar-refractivity contribution in [1.29, 1.82) is 0 Å². The fraction of sp³-hybridized carbons (Fsp3) is 0.818. The molecule has 0 aliphatic heterocycles. The topological polar surface area (TPSA) is 0 Å². The van der Waals surface area contributed by atoms with E-state index in [1.807, 2.05) is 6.92 Å². The summed E-state index contributed by atoms with van der Waals surface area (Å²) in [7, 11) is 0. The molecule has 0 radical (unpaired) electrons. The second-order valence-electron chi connectivity index (χ2n) is 3.81. The van der Waals surface area contributed by atoms with Crippen LogP contribution in [0.3, 0.4) is 0 Å². The zero-order valence-corrected chi connectivity index (χ0v) is 8.69. The lowest BCUT2D eigenvalue weighted by Crippen LogP contribution is -1.94. The van der Waals surface area contributed by atoms with E-state index in [1.54, 1.807) is 0 Å². The molecule has 0 amide bonds. The first-order chi connectivity index (χ1) is 5.79. The lowest BCUT2D eigenvalue weighted by Gasteiger charge is -2.07. The van der Waals surface area contributed by atoms with Crippen LogP contribution in [0.2, 0.25) is 0 Å². The van der Waals surface area contributed by atoms with Gasteiger partial charge in [-0.2, -0.15) is 0 Å². The summed E-state index contributed by atoms with van der Waals surface area (Å²) in [6.07, 6.45) is 12.9. The van der Waals surface area contributed by atoms with Gasteiger partial charge in [0.15, 0.2) is 0 Å². The van der Waals surface area contributed by atoms with Crippen LogP contribution in [0.1, 0.15) is 45.4 Å². The van der Waals surface area contributed by atoms with Gasteiger partial charge in [-0.05, 0) is 25.7 Å². The van der Waals surface area contributed by atoms with E-state index in [2.05, 4.69) is 12.2 Å². The molecule has 0 aromatic heterocycles. The van der Waals surface area contributed by atoms with Crippen LogP contribution in [0, 0.1) is 5.92 Å². The van der Waals surface area contributed by atoms with Gasteiger partial charge >= 0.3 is 0 Å². The van der Waals surface area contributed by atoms with Crippen molar-refractivity contribution >= 4 is 11.6 Å². The van der Waals surface area contributed by atoms with Crippen LogP contribution < -0.4 is 0 Å². The average molecular weight is 187 g/mol. The summed E-state index contributed by atoms with van der Waals surface area (Å²) in [5.74, 6) is 0.814. The highest BCUT2D eigenvalue weighted by atomic mass is 35.5. The Balaban J connectivity index is 2.29. The monoisotopic (exact) mass is 186 g/mol. The summed E-state index contributed by atoms with van der Waals surface area (Å²) in [6, 6.07) is 0. The van der Waals surface area contributed by atoms with Crippen molar-refractivity contribution in [3.8, 4) is 0 Å². The molecule has 0 aromatic carbocycles.